The number of benzene rings is 6. The van der Waals surface area contributed by atoms with E-state index in [9.17, 15) is 17.0 Å². The van der Waals surface area contributed by atoms with Gasteiger partial charge in [0.25, 0.3) is 0 Å². The Labute approximate surface area is 370 Å². The zero-order chi connectivity index (χ0) is 42.4. The Bertz CT molecular complexity index is 2640. The summed E-state index contributed by atoms with van der Waals surface area (Å²) in [4.78, 5) is 0. The van der Waals surface area contributed by atoms with Gasteiger partial charge in [-0.25, -0.2) is 0 Å². The van der Waals surface area contributed by atoms with Gasteiger partial charge >= 0.3 is 373 Å². The van der Waals surface area contributed by atoms with E-state index >= 15 is 0 Å². The van der Waals surface area contributed by atoms with Crippen molar-refractivity contribution in [3.8, 4) is 33.4 Å². The Hall–Kier alpha value is -3.52. The van der Waals surface area contributed by atoms with E-state index in [2.05, 4.69) is 197 Å². The number of allylic oxidation sites excluding steroid dienone is 2. The molecule has 1 heterocycles. The molecule has 9 rings (SSSR count). The fraction of sp³-hybridized carbons (Fsp3) is 0.286. The number of aryl methyl sites for hydroxylation is 2. The first-order valence-corrected chi connectivity index (χ1v) is 34.1. The molecule has 0 bridgehead atoms. The molecule has 6 aromatic rings. The van der Waals surface area contributed by atoms with E-state index in [1.807, 2.05) is 0 Å². The Morgan fingerprint density at radius 1 is 0.467 bits per heavy atom. The third-order valence-corrected chi connectivity index (χ3v) is 37.0. The van der Waals surface area contributed by atoms with Crippen LogP contribution in [0.3, 0.4) is 0 Å². The second-order valence-electron chi connectivity index (χ2n) is 19.3. The van der Waals surface area contributed by atoms with Crippen LogP contribution < -0.4 is 13.6 Å². The first-order chi connectivity index (χ1) is 28.6. The summed E-state index contributed by atoms with van der Waals surface area (Å²) in [6.07, 6.45) is 5.09. The minimum atomic E-state index is -5.71. The van der Waals surface area contributed by atoms with Crippen LogP contribution in [0, 0.1) is 25.7 Å². The summed E-state index contributed by atoms with van der Waals surface area (Å²) in [7, 11) is 18.0. The number of halogens is 2. The summed E-state index contributed by atoms with van der Waals surface area (Å²) in [5.41, 5.74) is 21.4. The third kappa shape index (κ3) is 6.28. The van der Waals surface area contributed by atoms with Gasteiger partial charge in [0.1, 0.15) is 0 Å². The SMILES string of the molecule is Cc1ccc2c(c1-c1ccccc1C(C)C)C=C(C(C)C)[CH]2[Zr]([Cl])([Cl])([c]1cccc2c1[SiH2]c1ccccc1-2)[CH]1C(C(C)C)=Cc2c1ccc(C)c2-c1ccccc1C(C)C. The van der Waals surface area contributed by atoms with Gasteiger partial charge in [-0.1, -0.05) is 0 Å². The van der Waals surface area contributed by atoms with Crippen molar-refractivity contribution in [3.63, 3.8) is 0 Å². The van der Waals surface area contributed by atoms with E-state index in [1.54, 1.807) is 0 Å². The predicted molar refractivity (Wildman–Crippen MR) is 264 cm³/mol. The van der Waals surface area contributed by atoms with Crippen molar-refractivity contribution in [2.45, 2.75) is 88.3 Å². The predicted octanol–water partition coefficient (Wildman–Crippen LogP) is 14.2. The number of hydrogen-bond donors (Lipinski definition) is 0. The molecule has 6 aromatic carbocycles. The minimum absolute atomic E-state index is 0.120. The van der Waals surface area contributed by atoms with Crippen LogP contribution in [0.15, 0.2) is 126 Å². The molecular weight excluding hydrogens is 863 g/mol. The Kier molecular flexibility index (Phi) is 10.7. The Morgan fingerprint density at radius 3 is 1.37 bits per heavy atom. The summed E-state index contributed by atoms with van der Waals surface area (Å²) >= 11 is -5.71. The van der Waals surface area contributed by atoms with Crippen molar-refractivity contribution >= 4 is 52.3 Å². The van der Waals surface area contributed by atoms with Crippen molar-refractivity contribution in [2.24, 2.45) is 11.8 Å². The van der Waals surface area contributed by atoms with Crippen LogP contribution in [0.5, 0.6) is 0 Å². The molecule has 3 aliphatic rings. The Balaban J connectivity index is 1.41. The molecule has 60 heavy (non-hydrogen) atoms. The number of rotatable bonds is 9. The Morgan fingerprint density at radius 2 is 0.900 bits per heavy atom. The van der Waals surface area contributed by atoms with Gasteiger partial charge in [0.05, 0.1) is 0 Å². The summed E-state index contributed by atoms with van der Waals surface area (Å²) in [5.74, 6) is 1.26. The zero-order valence-electron chi connectivity index (χ0n) is 37.1. The molecule has 4 heteroatoms. The van der Waals surface area contributed by atoms with Crippen LogP contribution in [-0.2, 0) is 16.4 Å². The van der Waals surface area contributed by atoms with Gasteiger partial charge in [0.2, 0.25) is 0 Å². The second-order valence-corrected chi connectivity index (χ2v) is 41.7. The molecule has 0 nitrogen and oxygen atoms in total. The van der Waals surface area contributed by atoms with Gasteiger partial charge < -0.3 is 0 Å². The van der Waals surface area contributed by atoms with Crippen molar-refractivity contribution in [1.82, 2.24) is 0 Å². The van der Waals surface area contributed by atoms with Crippen LogP contribution in [0.25, 0.3) is 45.5 Å². The van der Waals surface area contributed by atoms with E-state index < -0.39 is 25.9 Å². The van der Waals surface area contributed by atoms with Crippen LogP contribution in [0.4, 0.5) is 0 Å². The van der Waals surface area contributed by atoms with Gasteiger partial charge in [-0.05, 0) is 0 Å². The molecule has 0 saturated carbocycles. The molecule has 0 saturated heterocycles. The first-order valence-electron chi connectivity index (χ1n) is 22.3. The third-order valence-electron chi connectivity index (χ3n) is 14.3. The van der Waals surface area contributed by atoms with E-state index in [4.69, 9.17) is 0 Å². The van der Waals surface area contributed by atoms with Gasteiger partial charge in [-0.2, -0.15) is 0 Å². The van der Waals surface area contributed by atoms with Crippen molar-refractivity contribution in [3.05, 3.63) is 171 Å². The van der Waals surface area contributed by atoms with Crippen molar-refractivity contribution in [1.29, 1.82) is 0 Å². The summed E-state index contributed by atoms with van der Waals surface area (Å²) in [6.45, 7) is 23.3. The normalized spacial score (nSPS) is 17.8. The van der Waals surface area contributed by atoms with Gasteiger partial charge in [-0.3, -0.25) is 0 Å². The van der Waals surface area contributed by atoms with E-state index in [1.165, 1.54) is 103 Å². The van der Waals surface area contributed by atoms with Gasteiger partial charge in [-0.15, -0.1) is 0 Å². The molecule has 2 aliphatic carbocycles. The fourth-order valence-corrected chi connectivity index (χ4v) is 39.8. The van der Waals surface area contributed by atoms with E-state index in [0.29, 0.717) is 11.8 Å². The summed E-state index contributed by atoms with van der Waals surface area (Å²) in [6, 6.07) is 43.8. The molecule has 0 spiro atoms. The van der Waals surface area contributed by atoms with Crippen LogP contribution in [0.1, 0.15) is 119 Å². The van der Waals surface area contributed by atoms with Crippen LogP contribution >= 0.6 is 17.0 Å². The molecule has 0 radical (unpaired) electrons. The maximum absolute atomic E-state index is 9.45. The van der Waals surface area contributed by atoms with Crippen molar-refractivity contribution in [2.75, 3.05) is 0 Å². The molecule has 305 valence electrons. The molecule has 1 aliphatic heterocycles. The van der Waals surface area contributed by atoms with Crippen molar-refractivity contribution < 1.29 is 16.4 Å². The molecule has 0 aromatic heterocycles. The molecular formula is C56H59Cl2SiZr. The quantitative estimate of drug-likeness (QED) is 0.127. The standard InChI is InChI=1S/2C22H25.C12H9Si.2ClH.Zr/c2*1-14(2)18-12-17-11-10-16(5)22(21(17)13-18)20-9-7-6-8-19(20)15(3)4;1-3-7-11-9(5-1)10-6-2-4-8-12(10)13-11;;;/h2*6-15H,1-5H3;1-7H,13H2;2*1H;/q;;;;;+2/p-2. The van der Waals surface area contributed by atoms with E-state index in [-0.39, 0.29) is 19.1 Å². The molecule has 0 fully saturated rings. The van der Waals surface area contributed by atoms with Gasteiger partial charge in [0.15, 0.2) is 0 Å². The van der Waals surface area contributed by atoms with E-state index in [0.717, 1.165) is 0 Å². The average molecular weight is 922 g/mol. The average Bonchev–Trinajstić information content (AvgIpc) is 3.94. The van der Waals surface area contributed by atoms with Gasteiger partial charge in [0, 0.05) is 0 Å². The molecule has 0 amide bonds. The molecule has 2 unspecified atom stereocenters. The number of hydrogen-bond acceptors (Lipinski definition) is 0. The first kappa shape index (κ1) is 41.8. The summed E-state index contributed by atoms with van der Waals surface area (Å²) in [5, 5.41) is 2.96. The second kappa shape index (κ2) is 15.4. The fourth-order valence-electron chi connectivity index (χ4n) is 11.6. The zero-order valence-corrected chi connectivity index (χ0v) is 42.4. The molecule has 0 N–H and O–H groups in total. The maximum atomic E-state index is 9.45. The van der Waals surface area contributed by atoms with Crippen LogP contribution in [-0.4, -0.2) is 9.52 Å². The van der Waals surface area contributed by atoms with Crippen LogP contribution in [0.2, 0.25) is 0 Å². The monoisotopic (exact) mass is 919 g/mol. The topological polar surface area (TPSA) is 0 Å². The summed E-state index contributed by atoms with van der Waals surface area (Å²) < 4.78 is 1.05. The molecule has 2 atom stereocenters. The number of fused-ring (bicyclic) bond motifs is 5.